The van der Waals surface area contributed by atoms with Gasteiger partial charge in [-0.2, -0.15) is 0 Å². The maximum Gasteiger partial charge on any atom is 0.257 e. The molecule has 0 aliphatic carbocycles. The van der Waals surface area contributed by atoms with Gasteiger partial charge in [-0.25, -0.2) is 0 Å². The van der Waals surface area contributed by atoms with Gasteiger partial charge in [0, 0.05) is 19.5 Å². The third-order valence-electron chi connectivity index (χ3n) is 3.43. The largest absolute Gasteiger partial charge is 0.497 e. The van der Waals surface area contributed by atoms with Gasteiger partial charge in [-0.15, -0.1) is 0 Å². The van der Waals surface area contributed by atoms with Crippen LogP contribution in [0.3, 0.4) is 0 Å². The number of amides is 2. The van der Waals surface area contributed by atoms with Gasteiger partial charge in [-0.3, -0.25) is 20.4 Å². The Balaban J connectivity index is 1.66. The maximum atomic E-state index is 11.7. The second-order valence-electron chi connectivity index (χ2n) is 5.12. The molecule has 3 N–H and O–H groups in total. The first-order valence-electron chi connectivity index (χ1n) is 7.32. The van der Waals surface area contributed by atoms with E-state index in [0.717, 1.165) is 17.7 Å². The van der Waals surface area contributed by atoms with Crippen LogP contribution in [0.1, 0.15) is 18.4 Å². The number of nitrogens with one attached hydrogen (secondary N) is 3. The molecule has 23 heavy (non-hydrogen) atoms. The third-order valence-corrected chi connectivity index (χ3v) is 3.68. The molecule has 0 unspecified atom stereocenters. The lowest BCUT2D eigenvalue weighted by molar-refractivity contribution is -0.133. The molecule has 8 heteroatoms. The summed E-state index contributed by atoms with van der Waals surface area (Å²) in [4.78, 5) is 24.7. The Bertz CT molecular complexity index is 577. The number of benzene rings is 1. The molecule has 1 aliphatic rings. The van der Waals surface area contributed by atoms with E-state index < -0.39 is 0 Å². The van der Waals surface area contributed by atoms with Gasteiger partial charge < -0.3 is 15.0 Å². The normalized spacial score (nSPS) is 13.6. The summed E-state index contributed by atoms with van der Waals surface area (Å²) in [5, 5.41) is 3.29. The summed E-state index contributed by atoms with van der Waals surface area (Å²) in [6, 6.07) is 7.57. The van der Waals surface area contributed by atoms with Crippen molar-refractivity contribution in [1.82, 2.24) is 21.1 Å². The summed E-state index contributed by atoms with van der Waals surface area (Å²) in [6.07, 6.45) is 1.32. The molecule has 1 heterocycles. The minimum absolute atomic E-state index is 0.0142. The van der Waals surface area contributed by atoms with Crippen molar-refractivity contribution in [1.29, 1.82) is 0 Å². The van der Waals surface area contributed by atoms with Gasteiger partial charge in [-0.05, 0) is 36.3 Å². The van der Waals surface area contributed by atoms with E-state index in [1.165, 1.54) is 4.90 Å². The van der Waals surface area contributed by atoms with E-state index in [9.17, 15) is 9.59 Å². The second kappa shape index (κ2) is 8.33. The number of carbonyl (C=O) groups is 2. The van der Waals surface area contributed by atoms with Crippen molar-refractivity contribution < 1.29 is 14.3 Å². The van der Waals surface area contributed by atoms with E-state index in [4.69, 9.17) is 17.0 Å². The summed E-state index contributed by atoms with van der Waals surface area (Å²) < 4.78 is 5.09. The van der Waals surface area contributed by atoms with E-state index >= 15 is 0 Å². The maximum absolute atomic E-state index is 11.7. The highest BCUT2D eigenvalue weighted by Gasteiger charge is 2.22. The number of thiocarbonyl (C=S) groups is 1. The van der Waals surface area contributed by atoms with E-state index in [0.29, 0.717) is 24.6 Å². The van der Waals surface area contributed by atoms with Crippen LogP contribution in [-0.2, 0) is 16.1 Å². The number of likely N-dealkylation sites (tertiary alicyclic amines) is 1. The molecule has 0 bridgehead atoms. The highest BCUT2D eigenvalue weighted by atomic mass is 32.1. The number of ether oxygens (including phenoxy) is 1. The summed E-state index contributed by atoms with van der Waals surface area (Å²) in [6.45, 7) is 1.20. The fraction of sp³-hybridized carbons (Fsp3) is 0.400. The van der Waals surface area contributed by atoms with Crippen molar-refractivity contribution >= 4 is 29.1 Å². The summed E-state index contributed by atoms with van der Waals surface area (Å²) in [5.74, 6) is 0.507. The van der Waals surface area contributed by atoms with Crippen molar-refractivity contribution in [2.24, 2.45) is 0 Å². The Morgan fingerprint density at radius 1 is 1.30 bits per heavy atom. The number of nitrogens with zero attached hydrogens (tertiary/aromatic N) is 1. The molecule has 124 valence electrons. The van der Waals surface area contributed by atoms with E-state index in [-0.39, 0.29) is 18.4 Å². The number of carbonyl (C=O) groups excluding carboxylic acids is 2. The van der Waals surface area contributed by atoms with Gasteiger partial charge >= 0.3 is 0 Å². The number of hydrogen-bond acceptors (Lipinski definition) is 4. The Morgan fingerprint density at radius 3 is 2.65 bits per heavy atom. The summed E-state index contributed by atoms with van der Waals surface area (Å²) >= 11 is 5.08. The molecule has 1 aromatic carbocycles. The second-order valence-corrected chi connectivity index (χ2v) is 5.53. The quantitative estimate of drug-likeness (QED) is 0.530. The van der Waals surface area contributed by atoms with Gasteiger partial charge in [0.05, 0.1) is 7.11 Å². The van der Waals surface area contributed by atoms with Gasteiger partial charge in [0.2, 0.25) is 5.91 Å². The van der Waals surface area contributed by atoms with Crippen LogP contribution in [0.15, 0.2) is 24.3 Å². The lowest BCUT2D eigenvalue weighted by atomic mass is 10.2. The van der Waals surface area contributed by atoms with E-state index in [2.05, 4.69) is 16.2 Å². The molecule has 0 atom stereocenters. The Morgan fingerprint density at radius 2 is 2.04 bits per heavy atom. The molecule has 2 rings (SSSR count). The molecule has 1 aliphatic heterocycles. The lowest BCUT2D eigenvalue weighted by Gasteiger charge is -2.16. The molecule has 1 aromatic rings. The van der Waals surface area contributed by atoms with Crippen LogP contribution in [0.5, 0.6) is 5.75 Å². The number of methoxy groups -OCH3 is 1. The van der Waals surface area contributed by atoms with Crippen LogP contribution in [0, 0.1) is 0 Å². The van der Waals surface area contributed by atoms with E-state index in [1.54, 1.807) is 7.11 Å². The first kappa shape index (κ1) is 17.0. The Labute approximate surface area is 140 Å². The molecular weight excluding hydrogens is 316 g/mol. The zero-order chi connectivity index (χ0) is 16.7. The van der Waals surface area contributed by atoms with Crippen LogP contribution < -0.4 is 20.9 Å². The molecule has 2 amide bonds. The summed E-state index contributed by atoms with van der Waals surface area (Å²) in [5.41, 5.74) is 6.13. The van der Waals surface area contributed by atoms with Crippen LogP contribution in [0.2, 0.25) is 0 Å². The smallest absolute Gasteiger partial charge is 0.257 e. The fourth-order valence-electron chi connectivity index (χ4n) is 2.18. The van der Waals surface area contributed by atoms with Crippen molar-refractivity contribution in [3.63, 3.8) is 0 Å². The minimum Gasteiger partial charge on any atom is -0.497 e. The van der Waals surface area contributed by atoms with Gasteiger partial charge in [0.25, 0.3) is 5.91 Å². The molecule has 0 radical (unpaired) electrons. The minimum atomic E-state index is -0.297. The fourth-order valence-corrected chi connectivity index (χ4v) is 2.30. The number of rotatable bonds is 5. The topological polar surface area (TPSA) is 82.7 Å². The molecule has 0 saturated carbocycles. The first-order chi connectivity index (χ1) is 11.1. The molecule has 1 fully saturated rings. The van der Waals surface area contributed by atoms with Crippen molar-refractivity contribution in [3.05, 3.63) is 29.8 Å². The van der Waals surface area contributed by atoms with Crippen LogP contribution in [0.25, 0.3) is 0 Å². The zero-order valence-corrected chi connectivity index (χ0v) is 13.7. The van der Waals surface area contributed by atoms with Crippen LogP contribution >= 0.6 is 12.2 Å². The van der Waals surface area contributed by atoms with Crippen LogP contribution in [0.4, 0.5) is 0 Å². The standard InChI is InChI=1S/C15H20N4O3S/c1-22-12-6-4-11(5-7-12)9-16-15(23)18-17-13(20)10-19-8-2-3-14(19)21/h4-7H,2-3,8-10H2,1H3,(H,17,20)(H2,16,18,23). The van der Waals surface area contributed by atoms with Crippen LogP contribution in [-0.4, -0.2) is 42.0 Å². The summed E-state index contributed by atoms with van der Waals surface area (Å²) in [7, 11) is 1.62. The lowest BCUT2D eigenvalue weighted by Crippen LogP contribution is -2.49. The molecule has 1 saturated heterocycles. The third kappa shape index (κ3) is 5.41. The SMILES string of the molecule is COc1ccc(CNC(=S)NNC(=O)CN2CCCC2=O)cc1. The van der Waals surface area contributed by atoms with Gasteiger partial charge in [0.1, 0.15) is 12.3 Å². The average molecular weight is 336 g/mol. The van der Waals surface area contributed by atoms with E-state index in [1.807, 2.05) is 24.3 Å². The monoisotopic (exact) mass is 336 g/mol. The highest BCUT2D eigenvalue weighted by Crippen LogP contribution is 2.10. The Kier molecular flexibility index (Phi) is 6.16. The molecule has 7 nitrogen and oxygen atoms in total. The molecule has 0 spiro atoms. The van der Waals surface area contributed by atoms with Crippen molar-refractivity contribution in [2.75, 3.05) is 20.2 Å². The Hall–Kier alpha value is -2.35. The first-order valence-corrected chi connectivity index (χ1v) is 7.72. The number of hydrogen-bond donors (Lipinski definition) is 3. The van der Waals surface area contributed by atoms with Crippen molar-refractivity contribution in [2.45, 2.75) is 19.4 Å². The average Bonchev–Trinajstić information content (AvgIpc) is 2.96. The molecular formula is C15H20N4O3S. The number of hydrazine groups is 1. The zero-order valence-electron chi connectivity index (χ0n) is 12.9. The highest BCUT2D eigenvalue weighted by molar-refractivity contribution is 7.80. The predicted molar refractivity (Wildman–Crippen MR) is 89.5 cm³/mol. The predicted octanol–water partition coefficient (Wildman–Crippen LogP) is 0.313. The van der Waals surface area contributed by atoms with Gasteiger partial charge in [0.15, 0.2) is 5.11 Å². The molecule has 0 aromatic heterocycles. The van der Waals surface area contributed by atoms with Gasteiger partial charge in [-0.1, -0.05) is 12.1 Å². The van der Waals surface area contributed by atoms with Crippen molar-refractivity contribution in [3.8, 4) is 5.75 Å².